The van der Waals surface area contributed by atoms with Crippen LogP contribution in [0.3, 0.4) is 0 Å². The summed E-state index contributed by atoms with van der Waals surface area (Å²) in [4.78, 5) is 0. The average molecular weight is 214 g/mol. The first-order chi connectivity index (χ1) is 7.65. The van der Waals surface area contributed by atoms with Crippen LogP contribution in [-0.4, -0.2) is 10.6 Å². The molecular weight excluding hydrogens is 196 g/mol. The summed E-state index contributed by atoms with van der Waals surface area (Å²) in [5, 5.41) is 1.37. The molecule has 1 heterocycles. The Morgan fingerprint density at radius 1 is 1.31 bits per heavy atom. The number of benzene rings is 1. The Hall–Kier alpha value is -1.28. The van der Waals surface area contributed by atoms with E-state index in [4.69, 9.17) is 5.73 Å². The summed E-state index contributed by atoms with van der Waals surface area (Å²) >= 11 is 0. The fraction of sp³-hybridized carbons (Fsp3) is 0.429. The maximum absolute atomic E-state index is 6.16. The molecule has 0 spiro atoms. The minimum Gasteiger partial charge on any atom is -0.350 e. The standard InChI is InChI=1S/C14H18N2/c1-10(15)14(7-8-14)12-9-16(2)13-6-4-3-5-11(12)13/h3-6,9-10H,7-8,15H2,1-2H3. The van der Waals surface area contributed by atoms with Crippen LogP contribution in [0.2, 0.25) is 0 Å². The van der Waals surface area contributed by atoms with Crippen LogP contribution in [0, 0.1) is 0 Å². The molecule has 2 nitrogen and oxygen atoms in total. The van der Waals surface area contributed by atoms with Crippen molar-refractivity contribution in [3.63, 3.8) is 0 Å². The highest BCUT2D eigenvalue weighted by atomic mass is 14.9. The minimum absolute atomic E-state index is 0.248. The molecule has 2 N–H and O–H groups in total. The van der Waals surface area contributed by atoms with Crippen molar-refractivity contribution in [3.05, 3.63) is 36.0 Å². The lowest BCUT2D eigenvalue weighted by molar-refractivity contribution is 0.559. The van der Waals surface area contributed by atoms with E-state index in [9.17, 15) is 0 Å². The van der Waals surface area contributed by atoms with E-state index >= 15 is 0 Å². The van der Waals surface area contributed by atoms with Gasteiger partial charge in [-0.25, -0.2) is 0 Å². The Kier molecular flexibility index (Phi) is 1.93. The van der Waals surface area contributed by atoms with Crippen molar-refractivity contribution in [2.75, 3.05) is 0 Å². The van der Waals surface area contributed by atoms with E-state index in [-0.39, 0.29) is 11.5 Å². The summed E-state index contributed by atoms with van der Waals surface area (Å²) in [5.41, 5.74) is 9.16. The molecule has 0 saturated heterocycles. The molecule has 1 fully saturated rings. The first kappa shape index (κ1) is 9.91. The second-order valence-corrected chi connectivity index (χ2v) is 5.12. The van der Waals surface area contributed by atoms with Crippen LogP contribution in [0.15, 0.2) is 30.5 Å². The van der Waals surface area contributed by atoms with Crippen molar-refractivity contribution in [1.82, 2.24) is 4.57 Å². The molecule has 2 aromatic rings. The molecule has 1 aliphatic carbocycles. The zero-order chi connectivity index (χ0) is 11.3. The van der Waals surface area contributed by atoms with Gasteiger partial charge >= 0.3 is 0 Å². The molecule has 1 unspecified atom stereocenters. The summed E-state index contributed by atoms with van der Waals surface area (Å²) in [6.07, 6.45) is 4.73. The Bertz CT molecular complexity index is 533. The van der Waals surface area contributed by atoms with Crippen LogP contribution in [0.1, 0.15) is 25.3 Å². The highest BCUT2D eigenvalue weighted by Crippen LogP contribution is 2.52. The number of fused-ring (bicyclic) bond motifs is 1. The molecule has 0 aliphatic heterocycles. The molecule has 1 aromatic carbocycles. The van der Waals surface area contributed by atoms with Crippen molar-refractivity contribution in [1.29, 1.82) is 0 Å². The van der Waals surface area contributed by atoms with E-state index in [1.165, 1.54) is 29.3 Å². The number of nitrogens with zero attached hydrogens (tertiary/aromatic N) is 1. The highest BCUT2D eigenvalue weighted by Gasteiger charge is 2.48. The van der Waals surface area contributed by atoms with Gasteiger partial charge in [0.15, 0.2) is 0 Å². The molecule has 1 saturated carbocycles. The largest absolute Gasteiger partial charge is 0.350 e. The van der Waals surface area contributed by atoms with Gasteiger partial charge < -0.3 is 10.3 Å². The number of hydrogen-bond donors (Lipinski definition) is 1. The van der Waals surface area contributed by atoms with Crippen molar-refractivity contribution >= 4 is 10.9 Å². The van der Waals surface area contributed by atoms with Gasteiger partial charge in [0.25, 0.3) is 0 Å². The highest BCUT2D eigenvalue weighted by molar-refractivity contribution is 5.85. The summed E-state index contributed by atoms with van der Waals surface area (Å²) in [7, 11) is 2.11. The quantitative estimate of drug-likeness (QED) is 0.818. The summed E-state index contributed by atoms with van der Waals surface area (Å²) in [6, 6.07) is 8.85. The summed E-state index contributed by atoms with van der Waals surface area (Å²) in [6.45, 7) is 2.13. The summed E-state index contributed by atoms with van der Waals surface area (Å²) in [5.74, 6) is 0. The fourth-order valence-electron chi connectivity index (χ4n) is 2.84. The fourth-order valence-corrected chi connectivity index (χ4v) is 2.84. The van der Waals surface area contributed by atoms with Crippen LogP contribution in [0.4, 0.5) is 0 Å². The van der Waals surface area contributed by atoms with E-state index < -0.39 is 0 Å². The number of nitrogens with two attached hydrogens (primary N) is 1. The molecule has 0 bridgehead atoms. The minimum atomic E-state index is 0.248. The van der Waals surface area contributed by atoms with Gasteiger partial charge in [0, 0.05) is 35.6 Å². The molecule has 1 aliphatic rings. The van der Waals surface area contributed by atoms with Crippen LogP contribution >= 0.6 is 0 Å². The van der Waals surface area contributed by atoms with Crippen LogP contribution in [0.25, 0.3) is 10.9 Å². The van der Waals surface area contributed by atoms with Gasteiger partial charge in [-0.05, 0) is 31.4 Å². The molecule has 16 heavy (non-hydrogen) atoms. The van der Waals surface area contributed by atoms with Crippen LogP contribution in [0.5, 0.6) is 0 Å². The Morgan fingerprint density at radius 2 is 2.00 bits per heavy atom. The maximum atomic E-state index is 6.16. The van der Waals surface area contributed by atoms with Gasteiger partial charge in [-0.3, -0.25) is 0 Å². The lowest BCUT2D eigenvalue weighted by Crippen LogP contribution is -2.31. The summed E-state index contributed by atoms with van der Waals surface area (Å²) < 4.78 is 2.22. The predicted molar refractivity (Wildman–Crippen MR) is 67.5 cm³/mol. The second-order valence-electron chi connectivity index (χ2n) is 5.12. The maximum Gasteiger partial charge on any atom is 0.0480 e. The lowest BCUT2D eigenvalue weighted by Gasteiger charge is -2.18. The van der Waals surface area contributed by atoms with Gasteiger partial charge in [-0.15, -0.1) is 0 Å². The number of rotatable bonds is 2. The SMILES string of the molecule is CC(N)C1(c2cn(C)c3ccccc23)CC1. The van der Waals surface area contributed by atoms with Crippen molar-refractivity contribution in [2.24, 2.45) is 12.8 Å². The molecule has 1 aromatic heterocycles. The smallest absolute Gasteiger partial charge is 0.0480 e. The predicted octanol–water partition coefficient (Wildman–Crippen LogP) is 2.56. The van der Waals surface area contributed by atoms with Gasteiger partial charge in [0.05, 0.1) is 0 Å². The molecule has 0 amide bonds. The van der Waals surface area contributed by atoms with Gasteiger partial charge in [0.2, 0.25) is 0 Å². The molecule has 84 valence electrons. The van der Waals surface area contributed by atoms with E-state index in [1.807, 2.05) is 0 Å². The van der Waals surface area contributed by atoms with E-state index in [2.05, 4.69) is 49.0 Å². The Labute approximate surface area is 96.1 Å². The lowest BCUT2D eigenvalue weighted by atomic mass is 9.89. The van der Waals surface area contributed by atoms with Crippen molar-refractivity contribution in [2.45, 2.75) is 31.2 Å². The molecule has 2 heteroatoms. The van der Waals surface area contributed by atoms with E-state index in [0.717, 1.165) is 0 Å². The number of aryl methyl sites for hydroxylation is 1. The zero-order valence-electron chi connectivity index (χ0n) is 9.90. The van der Waals surface area contributed by atoms with Gasteiger partial charge in [-0.2, -0.15) is 0 Å². The van der Waals surface area contributed by atoms with Crippen molar-refractivity contribution < 1.29 is 0 Å². The Balaban J connectivity index is 2.25. The molecule has 3 rings (SSSR count). The van der Waals surface area contributed by atoms with E-state index in [0.29, 0.717) is 0 Å². The number of para-hydroxylation sites is 1. The monoisotopic (exact) mass is 214 g/mol. The average Bonchev–Trinajstić information content (AvgIpc) is 3.01. The third-order valence-corrected chi connectivity index (χ3v) is 4.09. The van der Waals surface area contributed by atoms with Crippen molar-refractivity contribution in [3.8, 4) is 0 Å². The van der Waals surface area contributed by atoms with Crippen LogP contribution in [-0.2, 0) is 12.5 Å². The first-order valence-electron chi connectivity index (χ1n) is 5.95. The molecule has 1 atom stereocenters. The van der Waals surface area contributed by atoms with Gasteiger partial charge in [-0.1, -0.05) is 18.2 Å². The molecular formula is C14H18N2. The topological polar surface area (TPSA) is 30.9 Å². The number of hydrogen-bond acceptors (Lipinski definition) is 1. The first-order valence-corrected chi connectivity index (χ1v) is 5.95. The molecule has 0 radical (unpaired) electrons. The van der Waals surface area contributed by atoms with Crippen LogP contribution < -0.4 is 5.73 Å². The van der Waals surface area contributed by atoms with E-state index in [1.54, 1.807) is 0 Å². The normalized spacial score (nSPS) is 19.9. The van der Waals surface area contributed by atoms with Gasteiger partial charge in [0.1, 0.15) is 0 Å². The number of aromatic nitrogens is 1. The third kappa shape index (κ3) is 1.17. The third-order valence-electron chi connectivity index (χ3n) is 4.09. The zero-order valence-corrected chi connectivity index (χ0v) is 9.90. The second kappa shape index (κ2) is 3.11. The Morgan fingerprint density at radius 3 is 2.62 bits per heavy atom.